The molecule has 2 rings (SSSR count). The molecule has 0 saturated heterocycles. The summed E-state index contributed by atoms with van der Waals surface area (Å²) >= 11 is 11.5. The third kappa shape index (κ3) is 4.15. The summed E-state index contributed by atoms with van der Waals surface area (Å²) in [6, 6.07) is 5.98. The van der Waals surface area contributed by atoms with E-state index in [4.69, 9.17) is 37.4 Å². The van der Waals surface area contributed by atoms with Gasteiger partial charge in [0.1, 0.15) is 5.15 Å². The summed E-state index contributed by atoms with van der Waals surface area (Å²) in [5.74, 6) is -0.219. The topological polar surface area (TPSA) is 74.7 Å². The zero-order valence-electron chi connectivity index (χ0n) is 12.8. The number of nitrogens with zero attached hydrogens (tertiary/aromatic N) is 1. The SMILES string of the molecule is COc1ccc(C(=O)COC(=O)c2cnc(Cl)c(Cl)c2)cc1OC. The molecule has 0 aliphatic heterocycles. The first-order valence-electron chi connectivity index (χ1n) is 6.69. The number of ether oxygens (including phenoxy) is 3. The van der Waals surface area contributed by atoms with E-state index in [0.717, 1.165) is 0 Å². The number of carbonyl (C=O) groups is 2. The van der Waals surface area contributed by atoms with Gasteiger partial charge in [0.15, 0.2) is 23.9 Å². The Morgan fingerprint density at radius 1 is 1.04 bits per heavy atom. The first kappa shape index (κ1) is 18.0. The standard InChI is InChI=1S/C16H13Cl2NO5/c1-22-13-4-3-9(6-14(13)23-2)12(20)8-24-16(21)10-5-11(17)15(18)19-7-10/h3-7H,8H2,1-2H3. The average molecular weight is 370 g/mol. The number of halogens is 2. The molecule has 1 heterocycles. The van der Waals surface area contributed by atoms with Gasteiger partial charge in [-0.15, -0.1) is 0 Å². The van der Waals surface area contributed by atoms with Gasteiger partial charge in [0.2, 0.25) is 0 Å². The van der Waals surface area contributed by atoms with E-state index in [1.165, 1.54) is 32.5 Å². The fourth-order valence-electron chi connectivity index (χ4n) is 1.84. The normalized spacial score (nSPS) is 10.2. The van der Waals surface area contributed by atoms with Gasteiger partial charge in [-0.2, -0.15) is 0 Å². The predicted octanol–water partition coefficient (Wildman–Crippen LogP) is 3.45. The van der Waals surface area contributed by atoms with Gasteiger partial charge in [-0.05, 0) is 24.3 Å². The van der Waals surface area contributed by atoms with Crippen LogP contribution in [0.4, 0.5) is 0 Å². The van der Waals surface area contributed by atoms with Crippen molar-refractivity contribution in [1.82, 2.24) is 4.98 Å². The summed E-state index contributed by atoms with van der Waals surface area (Å²) in [5.41, 5.74) is 0.428. The Morgan fingerprint density at radius 2 is 1.75 bits per heavy atom. The molecule has 1 aromatic carbocycles. The Labute approximate surface area is 148 Å². The molecule has 0 spiro atoms. The lowest BCUT2D eigenvalue weighted by molar-refractivity contribution is 0.0474. The molecular formula is C16H13Cl2NO5. The van der Waals surface area contributed by atoms with Crippen LogP contribution in [0.2, 0.25) is 10.2 Å². The van der Waals surface area contributed by atoms with Crippen molar-refractivity contribution in [3.63, 3.8) is 0 Å². The van der Waals surface area contributed by atoms with E-state index in [2.05, 4.69) is 4.98 Å². The minimum absolute atomic E-state index is 0.0784. The number of methoxy groups -OCH3 is 2. The van der Waals surface area contributed by atoms with Crippen molar-refractivity contribution in [2.75, 3.05) is 20.8 Å². The van der Waals surface area contributed by atoms with Crippen molar-refractivity contribution in [2.24, 2.45) is 0 Å². The Morgan fingerprint density at radius 3 is 2.38 bits per heavy atom. The maximum absolute atomic E-state index is 12.1. The molecule has 8 heteroatoms. The fourth-order valence-corrected chi connectivity index (χ4v) is 2.11. The zero-order chi connectivity index (χ0) is 17.7. The number of rotatable bonds is 6. The van der Waals surface area contributed by atoms with E-state index in [1.54, 1.807) is 12.1 Å². The summed E-state index contributed by atoms with van der Waals surface area (Å²) in [5, 5.41) is 0.201. The minimum Gasteiger partial charge on any atom is -0.493 e. The fraction of sp³-hybridized carbons (Fsp3) is 0.188. The smallest absolute Gasteiger partial charge is 0.340 e. The van der Waals surface area contributed by atoms with Crippen LogP contribution in [0.3, 0.4) is 0 Å². The van der Waals surface area contributed by atoms with Gasteiger partial charge in [-0.1, -0.05) is 23.2 Å². The van der Waals surface area contributed by atoms with E-state index in [9.17, 15) is 9.59 Å². The molecule has 0 unspecified atom stereocenters. The van der Waals surface area contributed by atoms with Crippen LogP contribution in [0.1, 0.15) is 20.7 Å². The highest BCUT2D eigenvalue weighted by atomic mass is 35.5. The molecule has 2 aromatic rings. The van der Waals surface area contributed by atoms with Crippen LogP contribution in [0.15, 0.2) is 30.5 Å². The summed E-state index contributed by atoms with van der Waals surface area (Å²) in [4.78, 5) is 27.8. The Kier molecular flexibility index (Phi) is 6.00. The van der Waals surface area contributed by atoms with Crippen molar-refractivity contribution in [2.45, 2.75) is 0 Å². The number of pyridine rings is 1. The molecule has 0 fully saturated rings. The molecule has 0 N–H and O–H groups in total. The maximum atomic E-state index is 12.1. The van der Waals surface area contributed by atoms with Crippen molar-refractivity contribution in [3.05, 3.63) is 51.8 Å². The van der Waals surface area contributed by atoms with Gasteiger partial charge in [0.25, 0.3) is 0 Å². The zero-order valence-corrected chi connectivity index (χ0v) is 14.4. The van der Waals surface area contributed by atoms with Gasteiger partial charge >= 0.3 is 5.97 Å². The minimum atomic E-state index is -0.727. The quantitative estimate of drug-likeness (QED) is 0.441. The van der Waals surface area contributed by atoms with Gasteiger partial charge in [-0.25, -0.2) is 9.78 Å². The molecular weight excluding hydrogens is 357 g/mol. The number of esters is 1. The summed E-state index contributed by atoms with van der Waals surface area (Å²) < 4.78 is 15.2. The van der Waals surface area contributed by atoms with Crippen molar-refractivity contribution in [1.29, 1.82) is 0 Å². The van der Waals surface area contributed by atoms with Crippen molar-refractivity contribution < 1.29 is 23.8 Å². The highest BCUT2D eigenvalue weighted by Crippen LogP contribution is 2.27. The van der Waals surface area contributed by atoms with Crippen molar-refractivity contribution >= 4 is 35.0 Å². The van der Waals surface area contributed by atoms with Gasteiger partial charge < -0.3 is 14.2 Å². The molecule has 24 heavy (non-hydrogen) atoms. The monoisotopic (exact) mass is 369 g/mol. The summed E-state index contributed by atoms with van der Waals surface area (Å²) in [7, 11) is 2.95. The Hall–Kier alpha value is -2.31. The summed E-state index contributed by atoms with van der Waals surface area (Å²) in [6.45, 7) is -0.436. The highest BCUT2D eigenvalue weighted by molar-refractivity contribution is 6.41. The number of hydrogen-bond donors (Lipinski definition) is 0. The third-order valence-electron chi connectivity index (χ3n) is 3.07. The number of ketones is 1. The van der Waals surface area contributed by atoms with Gasteiger partial charge in [0, 0.05) is 11.8 Å². The van der Waals surface area contributed by atoms with Crippen LogP contribution in [0, 0.1) is 0 Å². The first-order valence-corrected chi connectivity index (χ1v) is 7.45. The first-order chi connectivity index (χ1) is 11.5. The third-order valence-corrected chi connectivity index (χ3v) is 3.76. The van der Waals surface area contributed by atoms with E-state index < -0.39 is 18.4 Å². The molecule has 0 bridgehead atoms. The number of hydrogen-bond acceptors (Lipinski definition) is 6. The van der Waals surface area contributed by atoms with Crippen molar-refractivity contribution in [3.8, 4) is 11.5 Å². The number of aromatic nitrogens is 1. The molecule has 0 aliphatic rings. The van der Waals surface area contributed by atoms with Crippen LogP contribution in [0.5, 0.6) is 11.5 Å². The van der Waals surface area contributed by atoms with E-state index in [1.807, 2.05) is 0 Å². The number of Topliss-reactive ketones (excluding diaryl/α,β-unsaturated/α-hetero) is 1. The second-order valence-corrected chi connectivity index (χ2v) is 5.33. The molecule has 1 aromatic heterocycles. The largest absolute Gasteiger partial charge is 0.493 e. The predicted molar refractivity (Wildman–Crippen MR) is 88.4 cm³/mol. The molecule has 0 saturated carbocycles. The van der Waals surface area contributed by atoms with Crippen LogP contribution in [-0.2, 0) is 4.74 Å². The van der Waals surface area contributed by atoms with Gasteiger partial charge in [0.05, 0.1) is 24.8 Å². The average Bonchev–Trinajstić information content (AvgIpc) is 2.60. The molecule has 126 valence electrons. The second kappa shape index (κ2) is 7.99. The highest BCUT2D eigenvalue weighted by Gasteiger charge is 2.15. The molecule has 0 aliphatic carbocycles. The maximum Gasteiger partial charge on any atom is 0.340 e. The lowest BCUT2D eigenvalue weighted by Crippen LogP contribution is -2.14. The van der Waals surface area contributed by atoms with Gasteiger partial charge in [-0.3, -0.25) is 4.79 Å². The number of benzene rings is 1. The van der Waals surface area contributed by atoms with E-state index in [0.29, 0.717) is 17.1 Å². The second-order valence-electron chi connectivity index (χ2n) is 4.57. The Balaban J connectivity index is 2.04. The van der Waals surface area contributed by atoms with Crippen LogP contribution < -0.4 is 9.47 Å². The summed E-state index contributed by atoms with van der Waals surface area (Å²) in [6.07, 6.45) is 1.22. The lowest BCUT2D eigenvalue weighted by Gasteiger charge is -2.09. The van der Waals surface area contributed by atoms with Crippen LogP contribution in [0.25, 0.3) is 0 Å². The number of carbonyl (C=O) groups excluding carboxylic acids is 2. The molecule has 0 radical (unpaired) electrons. The molecule has 6 nitrogen and oxygen atoms in total. The van der Waals surface area contributed by atoms with Crippen LogP contribution in [-0.4, -0.2) is 37.6 Å². The van der Waals surface area contributed by atoms with E-state index in [-0.39, 0.29) is 15.7 Å². The Bertz CT molecular complexity index is 779. The molecule has 0 amide bonds. The van der Waals surface area contributed by atoms with Crippen LogP contribution >= 0.6 is 23.2 Å². The lowest BCUT2D eigenvalue weighted by atomic mass is 10.1. The molecule has 0 atom stereocenters. The van der Waals surface area contributed by atoms with E-state index >= 15 is 0 Å².